The van der Waals surface area contributed by atoms with Crippen molar-refractivity contribution in [2.45, 2.75) is 25.5 Å². The summed E-state index contributed by atoms with van der Waals surface area (Å²) in [4.78, 5) is 0. The van der Waals surface area contributed by atoms with Crippen LogP contribution in [0.5, 0.6) is 0 Å². The van der Waals surface area contributed by atoms with Gasteiger partial charge in [-0.25, -0.2) is 4.39 Å². The molecule has 0 saturated carbocycles. The van der Waals surface area contributed by atoms with Gasteiger partial charge in [0.05, 0.1) is 0 Å². The Morgan fingerprint density at radius 1 is 1.33 bits per heavy atom. The molecule has 0 aliphatic carbocycles. The highest BCUT2D eigenvalue weighted by Gasteiger charge is 1.98. The standard InChI is InChI=1S/C12H18FNS/c1-3-10(2)15-9-8-14-12-6-4-11(13)5-7-12/h4-7,10,14H,3,8-9H2,1-2H3. The molecule has 0 aliphatic heterocycles. The van der Waals surface area contributed by atoms with Crippen molar-refractivity contribution in [2.75, 3.05) is 17.6 Å². The van der Waals surface area contributed by atoms with Gasteiger partial charge >= 0.3 is 0 Å². The van der Waals surface area contributed by atoms with E-state index in [-0.39, 0.29) is 5.82 Å². The van der Waals surface area contributed by atoms with Crippen molar-refractivity contribution in [2.24, 2.45) is 0 Å². The van der Waals surface area contributed by atoms with E-state index in [0.29, 0.717) is 0 Å². The van der Waals surface area contributed by atoms with Crippen LogP contribution in [-0.2, 0) is 0 Å². The largest absolute Gasteiger partial charge is 0.384 e. The van der Waals surface area contributed by atoms with Crippen molar-refractivity contribution < 1.29 is 4.39 Å². The van der Waals surface area contributed by atoms with E-state index in [2.05, 4.69) is 19.2 Å². The van der Waals surface area contributed by atoms with Gasteiger partial charge in [-0.15, -0.1) is 0 Å². The monoisotopic (exact) mass is 227 g/mol. The number of rotatable bonds is 6. The smallest absolute Gasteiger partial charge is 0.123 e. The average Bonchev–Trinajstić information content (AvgIpc) is 2.26. The third-order valence-electron chi connectivity index (χ3n) is 2.25. The van der Waals surface area contributed by atoms with Crippen LogP contribution in [0.25, 0.3) is 0 Å². The summed E-state index contributed by atoms with van der Waals surface area (Å²) in [6.45, 7) is 5.37. The Kier molecular flexibility index (Phi) is 5.54. The van der Waals surface area contributed by atoms with Crippen molar-refractivity contribution in [3.05, 3.63) is 30.1 Å². The Hall–Kier alpha value is -0.700. The Balaban J connectivity index is 2.17. The van der Waals surface area contributed by atoms with Gasteiger partial charge in [0.1, 0.15) is 5.82 Å². The van der Waals surface area contributed by atoms with Crippen molar-refractivity contribution in [1.29, 1.82) is 0 Å². The molecule has 1 nitrogen and oxygen atoms in total. The molecule has 0 aliphatic rings. The Morgan fingerprint density at radius 2 is 2.00 bits per heavy atom. The molecule has 1 N–H and O–H groups in total. The molecule has 0 heterocycles. The summed E-state index contributed by atoms with van der Waals surface area (Å²) < 4.78 is 12.6. The van der Waals surface area contributed by atoms with Crippen LogP contribution in [0.3, 0.4) is 0 Å². The van der Waals surface area contributed by atoms with Gasteiger partial charge in [-0.3, -0.25) is 0 Å². The van der Waals surface area contributed by atoms with Gasteiger partial charge in [-0.1, -0.05) is 13.8 Å². The molecule has 3 heteroatoms. The van der Waals surface area contributed by atoms with Crippen LogP contribution in [0.4, 0.5) is 10.1 Å². The molecule has 1 atom stereocenters. The molecule has 0 saturated heterocycles. The molecule has 84 valence electrons. The minimum Gasteiger partial charge on any atom is -0.384 e. The highest BCUT2D eigenvalue weighted by Crippen LogP contribution is 2.13. The van der Waals surface area contributed by atoms with E-state index < -0.39 is 0 Å². The highest BCUT2D eigenvalue weighted by molar-refractivity contribution is 7.99. The third kappa shape index (κ3) is 5.07. The highest BCUT2D eigenvalue weighted by atomic mass is 32.2. The van der Waals surface area contributed by atoms with Gasteiger partial charge in [0, 0.05) is 23.2 Å². The number of halogens is 1. The van der Waals surface area contributed by atoms with Crippen molar-refractivity contribution >= 4 is 17.4 Å². The molecule has 1 rings (SSSR count). The fraction of sp³-hybridized carbons (Fsp3) is 0.500. The lowest BCUT2D eigenvalue weighted by atomic mass is 10.3. The van der Waals surface area contributed by atoms with Crippen LogP contribution >= 0.6 is 11.8 Å². The SMILES string of the molecule is CCC(C)SCCNc1ccc(F)cc1. The summed E-state index contributed by atoms with van der Waals surface area (Å²) in [6, 6.07) is 6.49. The second kappa shape index (κ2) is 6.72. The number of nitrogens with one attached hydrogen (secondary N) is 1. The van der Waals surface area contributed by atoms with E-state index in [4.69, 9.17) is 0 Å². The molecule has 0 spiro atoms. The van der Waals surface area contributed by atoms with Crippen LogP contribution < -0.4 is 5.32 Å². The number of hydrogen-bond acceptors (Lipinski definition) is 2. The molecular weight excluding hydrogens is 209 g/mol. The first-order valence-electron chi connectivity index (χ1n) is 5.33. The van der Waals surface area contributed by atoms with Gasteiger partial charge in [0.2, 0.25) is 0 Å². The lowest BCUT2D eigenvalue weighted by Crippen LogP contribution is -2.06. The van der Waals surface area contributed by atoms with Gasteiger partial charge < -0.3 is 5.32 Å². The van der Waals surface area contributed by atoms with Crippen molar-refractivity contribution in [3.63, 3.8) is 0 Å². The molecule has 1 unspecified atom stereocenters. The van der Waals surface area contributed by atoms with Gasteiger partial charge in [0.15, 0.2) is 0 Å². The van der Waals surface area contributed by atoms with Crippen LogP contribution in [0.15, 0.2) is 24.3 Å². The van der Waals surface area contributed by atoms with E-state index in [0.717, 1.165) is 23.2 Å². The van der Waals surface area contributed by atoms with E-state index in [1.807, 2.05) is 11.8 Å². The first kappa shape index (κ1) is 12.4. The first-order valence-corrected chi connectivity index (χ1v) is 6.38. The number of anilines is 1. The molecule has 0 aromatic heterocycles. The lowest BCUT2D eigenvalue weighted by molar-refractivity contribution is 0.628. The van der Waals surface area contributed by atoms with Crippen molar-refractivity contribution in [1.82, 2.24) is 0 Å². The lowest BCUT2D eigenvalue weighted by Gasteiger charge is -2.09. The van der Waals surface area contributed by atoms with Gasteiger partial charge in [-0.05, 0) is 30.7 Å². The minimum absolute atomic E-state index is 0.186. The average molecular weight is 227 g/mol. The van der Waals surface area contributed by atoms with E-state index in [9.17, 15) is 4.39 Å². The second-order valence-corrected chi connectivity index (χ2v) is 5.07. The zero-order valence-electron chi connectivity index (χ0n) is 9.29. The third-order valence-corrected chi connectivity index (χ3v) is 3.59. The zero-order valence-corrected chi connectivity index (χ0v) is 10.1. The zero-order chi connectivity index (χ0) is 11.1. The molecular formula is C12H18FNS. The van der Waals surface area contributed by atoms with E-state index in [1.165, 1.54) is 18.6 Å². The first-order chi connectivity index (χ1) is 7.22. The van der Waals surface area contributed by atoms with Crippen LogP contribution in [-0.4, -0.2) is 17.5 Å². The number of thioether (sulfide) groups is 1. The molecule has 0 bridgehead atoms. The summed E-state index contributed by atoms with van der Waals surface area (Å²) in [5.41, 5.74) is 0.987. The van der Waals surface area contributed by atoms with Crippen molar-refractivity contribution in [3.8, 4) is 0 Å². The number of hydrogen-bond donors (Lipinski definition) is 1. The second-order valence-electron chi connectivity index (χ2n) is 3.52. The summed E-state index contributed by atoms with van der Waals surface area (Å²) in [5, 5.41) is 3.99. The quantitative estimate of drug-likeness (QED) is 0.742. The topological polar surface area (TPSA) is 12.0 Å². The molecule has 0 fully saturated rings. The maximum absolute atomic E-state index is 12.6. The molecule has 15 heavy (non-hydrogen) atoms. The van der Waals surface area contributed by atoms with E-state index in [1.54, 1.807) is 12.1 Å². The predicted octanol–water partition coefficient (Wildman–Crippen LogP) is 3.77. The Bertz CT molecular complexity index is 273. The number of benzene rings is 1. The van der Waals surface area contributed by atoms with Crippen LogP contribution in [0.1, 0.15) is 20.3 Å². The van der Waals surface area contributed by atoms with Gasteiger partial charge in [0.25, 0.3) is 0 Å². The predicted molar refractivity (Wildman–Crippen MR) is 67.1 cm³/mol. The fourth-order valence-electron chi connectivity index (χ4n) is 1.14. The summed E-state index contributed by atoms with van der Waals surface area (Å²) in [6.07, 6.45) is 1.21. The molecule has 1 aromatic carbocycles. The Labute approximate surface area is 95.5 Å². The maximum atomic E-state index is 12.6. The minimum atomic E-state index is -0.186. The summed E-state index contributed by atoms with van der Waals surface area (Å²) in [7, 11) is 0. The maximum Gasteiger partial charge on any atom is 0.123 e. The molecule has 0 amide bonds. The van der Waals surface area contributed by atoms with Crippen LogP contribution in [0.2, 0.25) is 0 Å². The summed E-state index contributed by atoms with van der Waals surface area (Å²) in [5.74, 6) is 0.904. The molecule has 0 radical (unpaired) electrons. The van der Waals surface area contributed by atoms with E-state index >= 15 is 0 Å². The molecule has 1 aromatic rings. The van der Waals surface area contributed by atoms with Gasteiger partial charge in [-0.2, -0.15) is 11.8 Å². The Morgan fingerprint density at radius 3 is 2.60 bits per heavy atom. The summed E-state index contributed by atoms with van der Waals surface area (Å²) >= 11 is 1.96. The van der Waals surface area contributed by atoms with Crippen LogP contribution in [0, 0.1) is 5.82 Å². The normalized spacial score (nSPS) is 12.5. The fourth-order valence-corrected chi connectivity index (χ4v) is 2.00.